The van der Waals surface area contributed by atoms with Gasteiger partial charge in [0.1, 0.15) is 17.6 Å². The Hall–Kier alpha value is -2.94. The van der Waals surface area contributed by atoms with Crippen molar-refractivity contribution in [3.05, 3.63) is 53.5 Å². The van der Waals surface area contributed by atoms with Crippen LogP contribution in [0.4, 0.5) is 9.18 Å². The van der Waals surface area contributed by atoms with Gasteiger partial charge < -0.3 is 9.47 Å². The summed E-state index contributed by atoms with van der Waals surface area (Å²) < 4.78 is 23.5. The molecule has 0 aliphatic heterocycles. The Bertz CT molecular complexity index is 847. The number of halogens is 1. The van der Waals surface area contributed by atoms with Crippen molar-refractivity contribution in [2.24, 2.45) is 0 Å². The average Bonchev–Trinajstić information content (AvgIpc) is 2.76. The van der Waals surface area contributed by atoms with Gasteiger partial charge in [-0.1, -0.05) is 70.8 Å². The minimum absolute atomic E-state index is 0.0425. The number of benzene rings is 1. The van der Waals surface area contributed by atoms with Crippen molar-refractivity contribution in [2.45, 2.75) is 77.6 Å². The first-order chi connectivity index (χ1) is 15.1. The zero-order chi connectivity index (χ0) is 22.3. The second-order valence-electron chi connectivity index (χ2n) is 7.64. The number of aryl methyl sites for hydroxylation is 1. The number of hydrogen-bond donors (Lipinski definition) is 0. The number of nitrogens with zero attached hydrogens (tertiary/aromatic N) is 2. The molecule has 0 radical (unpaired) electrons. The maximum Gasteiger partial charge on any atom is 0.520 e. The van der Waals surface area contributed by atoms with E-state index in [1.807, 2.05) is 6.07 Å². The van der Waals surface area contributed by atoms with Crippen molar-refractivity contribution < 1.29 is 18.7 Å². The maximum atomic E-state index is 13.6. The fraction of sp³-hybridized carbons (Fsp3) is 0.480. The molecule has 0 fully saturated rings. The van der Waals surface area contributed by atoms with Gasteiger partial charge in [0.2, 0.25) is 5.88 Å². The highest BCUT2D eigenvalue weighted by atomic mass is 19.1. The molecule has 0 spiro atoms. The van der Waals surface area contributed by atoms with Crippen LogP contribution in [0.2, 0.25) is 0 Å². The summed E-state index contributed by atoms with van der Waals surface area (Å²) in [5.41, 5.74) is 0.967. The predicted octanol–water partition coefficient (Wildman–Crippen LogP) is 7.13. The monoisotopic (exact) mass is 426 g/mol. The number of nitriles is 1. The molecule has 166 valence electrons. The Morgan fingerprint density at radius 3 is 2.23 bits per heavy atom. The highest BCUT2D eigenvalue weighted by Crippen LogP contribution is 2.18. The lowest BCUT2D eigenvalue weighted by Crippen LogP contribution is -2.14. The normalized spacial score (nSPS) is 10.5. The minimum atomic E-state index is -1.01. The number of hydrogen-bond acceptors (Lipinski definition) is 5. The molecule has 5 nitrogen and oxygen atoms in total. The quantitative estimate of drug-likeness (QED) is 0.193. The molecule has 0 aliphatic rings. The van der Waals surface area contributed by atoms with Crippen LogP contribution >= 0.6 is 0 Å². The van der Waals surface area contributed by atoms with Gasteiger partial charge in [0, 0.05) is 18.3 Å². The van der Waals surface area contributed by atoms with E-state index in [2.05, 4.69) is 11.9 Å². The van der Waals surface area contributed by atoms with Crippen LogP contribution in [-0.4, -0.2) is 11.1 Å². The molecule has 0 saturated heterocycles. The zero-order valence-electron chi connectivity index (χ0n) is 18.2. The van der Waals surface area contributed by atoms with Crippen molar-refractivity contribution in [2.75, 3.05) is 0 Å². The van der Waals surface area contributed by atoms with E-state index in [0.717, 1.165) is 24.5 Å². The van der Waals surface area contributed by atoms with Gasteiger partial charge in [0.05, 0.1) is 5.56 Å². The molecule has 2 aromatic rings. The van der Waals surface area contributed by atoms with Crippen LogP contribution in [0.1, 0.15) is 82.3 Å². The molecule has 0 saturated carbocycles. The first-order valence-corrected chi connectivity index (χ1v) is 11.2. The molecular formula is C25H31FN2O3. The number of carbonyl (C=O) groups excluding carboxylic acids is 1. The number of carbonyl (C=O) groups is 1. The third kappa shape index (κ3) is 9.61. The van der Waals surface area contributed by atoms with Crippen LogP contribution in [-0.2, 0) is 6.42 Å². The highest BCUT2D eigenvalue weighted by Gasteiger charge is 2.11. The number of unbranched alkanes of at least 4 members (excludes halogenated alkanes) is 9. The van der Waals surface area contributed by atoms with E-state index in [-0.39, 0.29) is 17.2 Å². The van der Waals surface area contributed by atoms with Gasteiger partial charge in [0.15, 0.2) is 0 Å². The fourth-order valence-electron chi connectivity index (χ4n) is 3.29. The molecule has 1 aromatic heterocycles. The lowest BCUT2D eigenvalue weighted by atomic mass is 10.0. The summed E-state index contributed by atoms with van der Waals surface area (Å²) in [5.74, 6) is -0.688. The smallest absolute Gasteiger partial charge is 0.395 e. The average molecular weight is 427 g/mol. The lowest BCUT2D eigenvalue weighted by Gasteiger charge is -2.06. The molecule has 0 atom stereocenters. The second kappa shape index (κ2) is 14.1. The zero-order valence-corrected chi connectivity index (χ0v) is 18.2. The first-order valence-electron chi connectivity index (χ1n) is 11.2. The minimum Gasteiger partial charge on any atom is -0.395 e. The predicted molar refractivity (Wildman–Crippen MR) is 118 cm³/mol. The van der Waals surface area contributed by atoms with E-state index in [0.29, 0.717) is 0 Å². The van der Waals surface area contributed by atoms with Crippen molar-refractivity contribution in [3.63, 3.8) is 0 Å². The summed E-state index contributed by atoms with van der Waals surface area (Å²) in [4.78, 5) is 16.0. The van der Waals surface area contributed by atoms with Gasteiger partial charge in [-0.2, -0.15) is 5.26 Å². The summed E-state index contributed by atoms with van der Waals surface area (Å²) in [6, 6.07) is 8.72. The third-order valence-corrected chi connectivity index (χ3v) is 5.07. The van der Waals surface area contributed by atoms with Gasteiger partial charge >= 0.3 is 6.16 Å². The molecule has 0 aliphatic carbocycles. The molecule has 2 rings (SSSR count). The van der Waals surface area contributed by atoms with Crippen LogP contribution in [0, 0.1) is 17.1 Å². The van der Waals surface area contributed by atoms with Gasteiger partial charge in [0.25, 0.3) is 0 Å². The number of aromatic nitrogens is 1. The Morgan fingerprint density at radius 1 is 0.968 bits per heavy atom. The van der Waals surface area contributed by atoms with Crippen LogP contribution in [0.15, 0.2) is 36.5 Å². The first kappa shape index (κ1) is 24.3. The molecule has 1 heterocycles. The molecular weight excluding hydrogens is 395 g/mol. The standard InChI is InChI=1S/C25H31FN2O3/c1-2-3-4-5-6-7-8-9-10-11-12-20-13-16-24(28-19-20)31-25(29)30-22-15-14-21(18-27)23(26)17-22/h13-17,19H,2-12H2,1H3. The van der Waals surface area contributed by atoms with Crippen molar-refractivity contribution in [1.29, 1.82) is 5.26 Å². The van der Waals surface area contributed by atoms with E-state index in [9.17, 15) is 9.18 Å². The van der Waals surface area contributed by atoms with Gasteiger partial charge in [-0.15, -0.1) is 0 Å². The van der Waals surface area contributed by atoms with Gasteiger partial charge in [-0.05, 0) is 30.5 Å². The molecule has 0 N–H and O–H groups in total. The van der Waals surface area contributed by atoms with Crippen molar-refractivity contribution in [3.8, 4) is 17.7 Å². The van der Waals surface area contributed by atoms with Crippen LogP contribution < -0.4 is 9.47 Å². The molecule has 31 heavy (non-hydrogen) atoms. The lowest BCUT2D eigenvalue weighted by molar-refractivity contribution is 0.150. The SMILES string of the molecule is CCCCCCCCCCCCc1ccc(OC(=O)Oc2ccc(C#N)c(F)c2)nc1. The van der Waals surface area contributed by atoms with Gasteiger partial charge in [-0.3, -0.25) is 0 Å². The van der Waals surface area contributed by atoms with E-state index >= 15 is 0 Å². The second-order valence-corrected chi connectivity index (χ2v) is 7.64. The summed E-state index contributed by atoms with van der Waals surface area (Å²) in [7, 11) is 0. The van der Waals surface area contributed by atoms with E-state index in [1.165, 1.54) is 69.9 Å². The highest BCUT2D eigenvalue weighted by molar-refractivity contribution is 5.66. The molecule has 0 bridgehead atoms. The van der Waals surface area contributed by atoms with Crippen molar-refractivity contribution >= 4 is 6.16 Å². The summed E-state index contributed by atoms with van der Waals surface area (Å²) in [6.45, 7) is 2.24. The summed E-state index contributed by atoms with van der Waals surface area (Å²) in [5, 5.41) is 8.71. The topological polar surface area (TPSA) is 72.2 Å². The summed E-state index contributed by atoms with van der Waals surface area (Å²) >= 11 is 0. The van der Waals surface area contributed by atoms with E-state index in [1.54, 1.807) is 18.3 Å². The fourth-order valence-corrected chi connectivity index (χ4v) is 3.29. The Kier molecular flexibility index (Phi) is 11.1. The Balaban J connectivity index is 1.62. The summed E-state index contributed by atoms with van der Waals surface area (Å²) in [6.07, 6.45) is 14.6. The number of rotatable bonds is 13. The number of pyridine rings is 1. The molecule has 6 heteroatoms. The molecule has 1 aromatic carbocycles. The van der Waals surface area contributed by atoms with Crippen LogP contribution in [0.25, 0.3) is 0 Å². The Morgan fingerprint density at radius 2 is 1.65 bits per heavy atom. The molecule has 0 unspecified atom stereocenters. The molecule has 0 amide bonds. The maximum absolute atomic E-state index is 13.6. The largest absolute Gasteiger partial charge is 0.520 e. The van der Waals surface area contributed by atoms with Crippen molar-refractivity contribution in [1.82, 2.24) is 4.98 Å². The third-order valence-electron chi connectivity index (χ3n) is 5.07. The van der Waals surface area contributed by atoms with Gasteiger partial charge in [-0.25, -0.2) is 14.2 Å². The Labute approximate surface area is 184 Å². The van der Waals surface area contributed by atoms with Crippen LogP contribution in [0.5, 0.6) is 11.6 Å². The van der Waals surface area contributed by atoms with Crippen LogP contribution in [0.3, 0.4) is 0 Å². The van der Waals surface area contributed by atoms with E-state index < -0.39 is 12.0 Å². The van der Waals surface area contributed by atoms with E-state index in [4.69, 9.17) is 14.7 Å². The number of ether oxygens (including phenoxy) is 2.